The molecule has 0 N–H and O–H groups in total. The van der Waals surface area contributed by atoms with Gasteiger partial charge in [0.1, 0.15) is 0 Å². The zero-order chi connectivity index (χ0) is 18.2. The van der Waals surface area contributed by atoms with Gasteiger partial charge in [0.05, 0.1) is 0 Å². The number of hydrogen-bond donors (Lipinski definition) is 0. The van der Waals surface area contributed by atoms with Gasteiger partial charge in [0.15, 0.2) is 0 Å². The van der Waals surface area contributed by atoms with Gasteiger partial charge in [-0.15, -0.1) is 0 Å². The summed E-state index contributed by atoms with van der Waals surface area (Å²) in [4.78, 5) is 0. The first kappa shape index (κ1) is 20.2. The van der Waals surface area contributed by atoms with Gasteiger partial charge >= 0.3 is 0 Å². The van der Waals surface area contributed by atoms with Gasteiger partial charge in [0.25, 0.3) is 0 Å². The number of halogens is 1. The van der Waals surface area contributed by atoms with Crippen LogP contribution in [0, 0.1) is 17.8 Å². The molecule has 1 aromatic carbocycles. The largest absolute Gasteiger partial charge is 0.385 e. The van der Waals surface area contributed by atoms with Crippen LogP contribution in [0.4, 0.5) is 0 Å². The SMILES string of the molecule is COCCCCC[C@H]1CC[C@H]([C@H]2CC[C@H](c3ccc(Cl)cc3)CC2)CC1. The van der Waals surface area contributed by atoms with E-state index in [9.17, 15) is 0 Å². The lowest BCUT2D eigenvalue weighted by Crippen LogP contribution is -2.25. The third-order valence-corrected chi connectivity index (χ3v) is 7.38. The lowest BCUT2D eigenvalue weighted by molar-refractivity contribution is 0.154. The second-order valence-electron chi connectivity index (χ2n) is 8.79. The Labute approximate surface area is 165 Å². The molecule has 2 fully saturated rings. The maximum atomic E-state index is 6.04. The second-order valence-corrected chi connectivity index (χ2v) is 9.22. The van der Waals surface area contributed by atoms with Crippen molar-refractivity contribution in [3.05, 3.63) is 34.9 Å². The molecule has 1 nitrogen and oxygen atoms in total. The van der Waals surface area contributed by atoms with E-state index in [1.165, 1.54) is 82.6 Å². The molecule has 0 saturated heterocycles. The Morgan fingerprint density at radius 2 is 1.42 bits per heavy atom. The Kier molecular flexibility index (Phi) is 8.33. The van der Waals surface area contributed by atoms with Gasteiger partial charge < -0.3 is 4.74 Å². The minimum atomic E-state index is 0.770. The lowest BCUT2D eigenvalue weighted by Gasteiger charge is -2.38. The average molecular weight is 377 g/mol. The highest BCUT2D eigenvalue weighted by Gasteiger charge is 2.31. The molecule has 2 saturated carbocycles. The summed E-state index contributed by atoms with van der Waals surface area (Å²) in [6.45, 7) is 0.936. The molecule has 0 radical (unpaired) electrons. The standard InChI is InChI=1S/C24H37ClO/c1-26-18-4-2-3-5-19-6-8-20(9-7-19)21-10-12-22(13-11-21)23-14-16-24(25)17-15-23/h14-17,19-22H,2-13,18H2,1H3/t19-,20-,21-,22-. The molecule has 3 rings (SSSR count). The van der Waals surface area contributed by atoms with E-state index < -0.39 is 0 Å². The molecular weight excluding hydrogens is 340 g/mol. The predicted octanol–water partition coefficient (Wildman–Crippen LogP) is 7.63. The Balaban J connectivity index is 1.34. The first-order valence-corrected chi connectivity index (χ1v) is 11.4. The number of hydrogen-bond acceptors (Lipinski definition) is 1. The normalized spacial score (nSPS) is 29.6. The fourth-order valence-electron chi connectivity index (χ4n) is 5.46. The van der Waals surface area contributed by atoms with E-state index >= 15 is 0 Å². The van der Waals surface area contributed by atoms with Crippen LogP contribution in [0.15, 0.2) is 24.3 Å². The van der Waals surface area contributed by atoms with Crippen molar-refractivity contribution < 1.29 is 4.74 Å². The molecule has 0 aromatic heterocycles. The molecule has 0 aliphatic heterocycles. The zero-order valence-electron chi connectivity index (χ0n) is 16.6. The number of methoxy groups -OCH3 is 1. The maximum Gasteiger partial charge on any atom is 0.0462 e. The smallest absolute Gasteiger partial charge is 0.0462 e. The van der Waals surface area contributed by atoms with Crippen molar-refractivity contribution in [3.63, 3.8) is 0 Å². The number of rotatable bonds is 8. The molecule has 0 bridgehead atoms. The fourth-order valence-corrected chi connectivity index (χ4v) is 5.59. The average Bonchev–Trinajstić information content (AvgIpc) is 2.69. The monoisotopic (exact) mass is 376 g/mol. The van der Waals surface area contributed by atoms with Gasteiger partial charge in [-0.05, 0) is 86.3 Å². The molecule has 0 unspecified atom stereocenters. The predicted molar refractivity (Wildman–Crippen MR) is 112 cm³/mol. The fraction of sp³-hybridized carbons (Fsp3) is 0.750. The minimum absolute atomic E-state index is 0.770. The molecule has 0 heterocycles. The van der Waals surface area contributed by atoms with Gasteiger partial charge in [-0.1, -0.05) is 55.8 Å². The van der Waals surface area contributed by atoms with E-state index in [4.69, 9.17) is 16.3 Å². The van der Waals surface area contributed by atoms with Crippen molar-refractivity contribution in [2.75, 3.05) is 13.7 Å². The van der Waals surface area contributed by atoms with Crippen molar-refractivity contribution in [3.8, 4) is 0 Å². The van der Waals surface area contributed by atoms with Crippen molar-refractivity contribution in [1.29, 1.82) is 0 Å². The Morgan fingerprint density at radius 3 is 2.04 bits per heavy atom. The molecular formula is C24H37ClO. The summed E-state index contributed by atoms with van der Waals surface area (Å²) in [5.41, 5.74) is 1.50. The third kappa shape index (κ3) is 5.99. The Bertz CT molecular complexity index is 495. The van der Waals surface area contributed by atoms with Crippen LogP contribution in [-0.4, -0.2) is 13.7 Å². The van der Waals surface area contributed by atoms with Crippen LogP contribution in [-0.2, 0) is 4.74 Å². The summed E-state index contributed by atoms with van der Waals surface area (Å²) in [6, 6.07) is 8.59. The summed E-state index contributed by atoms with van der Waals surface area (Å²) in [5.74, 6) is 3.80. The first-order chi connectivity index (χ1) is 12.8. The number of ether oxygens (including phenoxy) is 1. The van der Waals surface area contributed by atoms with Crippen molar-refractivity contribution in [2.24, 2.45) is 17.8 Å². The number of unbranched alkanes of at least 4 members (excludes halogenated alkanes) is 2. The first-order valence-electron chi connectivity index (χ1n) is 11.0. The van der Waals surface area contributed by atoms with Crippen LogP contribution in [0.5, 0.6) is 0 Å². The summed E-state index contributed by atoms with van der Waals surface area (Å²) >= 11 is 6.04. The summed E-state index contributed by atoms with van der Waals surface area (Å²) in [6.07, 6.45) is 17.1. The van der Waals surface area contributed by atoms with Gasteiger partial charge in [0, 0.05) is 18.7 Å². The second kappa shape index (κ2) is 10.7. The molecule has 2 aliphatic rings. The highest BCUT2D eigenvalue weighted by atomic mass is 35.5. The Hall–Kier alpha value is -0.530. The quantitative estimate of drug-likeness (QED) is 0.424. The van der Waals surface area contributed by atoms with E-state index in [1.54, 1.807) is 0 Å². The van der Waals surface area contributed by atoms with Gasteiger partial charge in [-0.3, -0.25) is 0 Å². The summed E-state index contributed by atoms with van der Waals surface area (Å²) in [7, 11) is 1.81. The van der Waals surface area contributed by atoms with Crippen LogP contribution in [0.3, 0.4) is 0 Å². The number of benzene rings is 1. The summed E-state index contributed by atoms with van der Waals surface area (Å²) in [5, 5.41) is 0.859. The molecule has 26 heavy (non-hydrogen) atoms. The minimum Gasteiger partial charge on any atom is -0.385 e. The van der Waals surface area contributed by atoms with Crippen LogP contribution >= 0.6 is 11.6 Å². The van der Waals surface area contributed by atoms with Gasteiger partial charge in [-0.2, -0.15) is 0 Å². The van der Waals surface area contributed by atoms with E-state index in [0.717, 1.165) is 35.3 Å². The molecule has 146 valence electrons. The van der Waals surface area contributed by atoms with E-state index in [0.29, 0.717) is 0 Å². The molecule has 1 aromatic rings. The Morgan fingerprint density at radius 1 is 0.808 bits per heavy atom. The van der Waals surface area contributed by atoms with Crippen molar-refractivity contribution in [2.45, 2.75) is 83.0 Å². The van der Waals surface area contributed by atoms with E-state index in [2.05, 4.69) is 24.3 Å². The van der Waals surface area contributed by atoms with Crippen LogP contribution < -0.4 is 0 Å². The van der Waals surface area contributed by atoms with Crippen molar-refractivity contribution >= 4 is 11.6 Å². The third-order valence-electron chi connectivity index (χ3n) is 7.13. The van der Waals surface area contributed by atoms with Crippen molar-refractivity contribution in [1.82, 2.24) is 0 Å². The summed E-state index contributed by atoms with van der Waals surface area (Å²) < 4.78 is 5.15. The molecule has 0 spiro atoms. The molecule has 2 heteroatoms. The maximum absolute atomic E-state index is 6.04. The highest BCUT2D eigenvalue weighted by Crippen LogP contribution is 2.44. The van der Waals surface area contributed by atoms with Gasteiger partial charge in [-0.25, -0.2) is 0 Å². The topological polar surface area (TPSA) is 9.23 Å². The van der Waals surface area contributed by atoms with Crippen LogP contribution in [0.25, 0.3) is 0 Å². The zero-order valence-corrected chi connectivity index (χ0v) is 17.4. The molecule has 0 atom stereocenters. The van der Waals surface area contributed by atoms with E-state index in [1.807, 2.05) is 7.11 Å². The van der Waals surface area contributed by atoms with Gasteiger partial charge in [0.2, 0.25) is 0 Å². The van der Waals surface area contributed by atoms with Crippen LogP contribution in [0.1, 0.15) is 88.5 Å². The molecule has 2 aliphatic carbocycles. The highest BCUT2D eigenvalue weighted by molar-refractivity contribution is 6.30. The molecule has 0 amide bonds. The lowest BCUT2D eigenvalue weighted by atomic mass is 9.68. The van der Waals surface area contributed by atoms with E-state index in [-0.39, 0.29) is 0 Å². The van der Waals surface area contributed by atoms with Crippen LogP contribution in [0.2, 0.25) is 5.02 Å².